The van der Waals surface area contributed by atoms with Gasteiger partial charge in [0.15, 0.2) is 0 Å². The molecule has 6 nitrogen and oxygen atoms in total. The van der Waals surface area contributed by atoms with Crippen molar-refractivity contribution in [2.45, 2.75) is 6.92 Å². The maximum Gasteiger partial charge on any atom is 0.323 e. The largest absolute Gasteiger partial charge is 0.323 e. The van der Waals surface area contributed by atoms with Crippen molar-refractivity contribution in [1.82, 2.24) is 14.4 Å². The molecule has 2 aromatic carbocycles. The molecule has 2 aromatic heterocycles. The predicted molar refractivity (Wildman–Crippen MR) is 107 cm³/mol. The second-order valence-corrected chi connectivity index (χ2v) is 6.50. The molecule has 7 heteroatoms. The van der Waals surface area contributed by atoms with E-state index in [1.54, 1.807) is 18.3 Å². The van der Waals surface area contributed by atoms with Gasteiger partial charge in [-0.05, 0) is 42.8 Å². The Hall–Kier alpha value is -3.38. The number of rotatable bonds is 3. The molecule has 0 bridgehead atoms. The van der Waals surface area contributed by atoms with E-state index in [2.05, 4.69) is 20.6 Å². The van der Waals surface area contributed by atoms with Crippen LogP contribution in [0.1, 0.15) is 5.56 Å². The fraction of sp³-hybridized carbons (Fsp3) is 0.0500. The number of aryl methyl sites for hydroxylation is 1. The molecular formula is C20H16ClN5O. The van der Waals surface area contributed by atoms with Gasteiger partial charge in [-0.2, -0.15) is 0 Å². The Labute approximate surface area is 160 Å². The van der Waals surface area contributed by atoms with E-state index < -0.39 is 0 Å². The highest BCUT2D eigenvalue weighted by molar-refractivity contribution is 6.33. The lowest BCUT2D eigenvalue weighted by atomic mass is 10.1. The van der Waals surface area contributed by atoms with E-state index >= 15 is 0 Å². The van der Waals surface area contributed by atoms with Gasteiger partial charge in [0, 0.05) is 29.8 Å². The summed E-state index contributed by atoms with van der Waals surface area (Å²) < 4.78 is 1.85. The summed E-state index contributed by atoms with van der Waals surface area (Å²) in [4.78, 5) is 21.0. The van der Waals surface area contributed by atoms with Crippen LogP contribution in [-0.2, 0) is 0 Å². The van der Waals surface area contributed by atoms with E-state index in [0.717, 1.165) is 16.8 Å². The maximum atomic E-state index is 12.3. The fourth-order valence-corrected chi connectivity index (χ4v) is 3.01. The molecule has 2 N–H and O–H groups in total. The van der Waals surface area contributed by atoms with Crippen molar-refractivity contribution in [3.63, 3.8) is 0 Å². The van der Waals surface area contributed by atoms with Gasteiger partial charge in [0.25, 0.3) is 0 Å². The number of nitrogens with one attached hydrogen (secondary N) is 2. The number of amides is 2. The number of hydrogen-bond acceptors (Lipinski definition) is 3. The summed E-state index contributed by atoms with van der Waals surface area (Å²) in [7, 11) is 0. The van der Waals surface area contributed by atoms with Crippen LogP contribution in [0.4, 0.5) is 16.2 Å². The van der Waals surface area contributed by atoms with Crippen LogP contribution in [0.3, 0.4) is 0 Å². The van der Waals surface area contributed by atoms with Crippen LogP contribution in [-0.4, -0.2) is 20.4 Å². The standard InChI is InChI=1S/C20H16ClN5O/c1-13-6-7-17(16(21)10-13)25-20(27)23-15-5-2-4-14(11-15)18-12-26-9-3-8-22-19(26)24-18/h2-12H,1H3,(H2,23,25,27). The van der Waals surface area contributed by atoms with Crippen LogP contribution in [0.15, 0.2) is 67.1 Å². The molecule has 0 radical (unpaired) electrons. The lowest BCUT2D eigenvalue weighted by Crippen LogP contribution is -2.19. The number of hydrogen-bond donors (Lipinski definition) is 2. The number of aromatic nitrogens is 3. The van der Waals surface area contributed by atoms with Crippen LogP contribution in [0.25, 0.3) is 17.0 Å². The fourth-order valence-electron chi connectivity index (χ4n) is 2.73. The first-order valence-corrected chi connectivity index (χ1v) is 8.70. The normalized spacial score (nSPS) is 10.7. The van der Waals surface area contributed by atoms with Gasteiger partial charge < -0.3 is 10.6 Å². The van der Waals surface area contributed by atoms with Crippen LogP contribution in [0.5, 0.6) is 0 Å². The van der Waals surface area contributed by atoms with Crippen LogP contribution >= 0.6 is 11.6 Å². The average molecular weight is 378 g/mol. The van der Waals surface area contributed by atoms with E-state index in [1.807, 2.05) is 60.1 Å². The number of nitrogens with zero attached hydrogens (tertiary/aromatic N) is 3. The Bertz CT molecular complexity index is 1110. The van der Waals surface area contributed by atoms with Crippen molar-refractivity contribution in [3.05, 3.63) is 77.7 Å². The number of urea groups is 1. The summed E-state index contributed by atoms with van der Waals surface area (Å²) in [6, 6.07) is 14.4. The number of fused-ring (bicyclic) bond motifs is 1. The summed E-state index contributed by atoms with van der Waals surface area (Å²) in [5.41, 5.74) is 3.90. The van der Waals surface area contributed by atoms with E-state index in [1.165, 1.54) is 0 Å². The molecule has 134 valence electrons. The van der Waals surface area contributed by atoms with Gasteiger partial charge in [-0.3, -0.25) is 4.40 Å². The third-order valence-electron chi connectivity index (χ3n) is 4.02. The Kier molecular flexibility index (Phi) is 4.48. The Balaban J connectivity index is 1.53. The quantitative estimate of drug-likeness (QED) is 0.527. The third kappa shape index (κ3) is 3.75. The molecule has 0 spiro atoms. The molecular weight excluding hydrogens is 362 g/mol. The van der Waals surface area contributed by atoms with Crippen molar-refractivity contribution in [3.8, 4) is 11.3 Å². The number of carbonyl (C=O) groups excluding carboxylic acids is 1. The van der Waals surface area contributed by atoms with E-state index in [0.29, 0.717) is 22.2 Å². The topological polar surface area (TPSA) is 71.3 Å². The molecule has 0 aliphatic carbocycles. The van der Waals surface area contributed by atoms with E-state index in [4.69, 9.17) is 11.6 Å². The molecule has 0 aliphatic heterocycles. The number of anilines is 2. The molecule has 0 saturated carbocycles. The molecule has 27 heavy (non-hydrogen) atoms. The molecule has 0 aliphatic rings. The van der Waals surface area contributed by atoms with Gasteiger partial charge in [0.1, 0.15) is 0 Å². The maximum absolute atomic E-state index is 12.3. The first-order chi connectivity index (χ1) is 13.1. The zero-order valence-electron chi connectivity index (χ0n) is 14.5. The number of halogens is 1. The Morgan fingerprint density at radius 2 is 2.00 bits per heavy atom. The number of benzene rings is 2. The highest BCUT2D eigenvalue weighted by Crippen LogP contribution is 2.24. The van der Waals surface area contributed by atoms with Gasteiger partial charge >= 0.3 is 6.03 Å². The van der Waals surface area contributed by atoms with Gasteiger partial charge in [0.05, 0.1) is 16.4 Å². The van der Waals surface area contributed by atoms with Crippen LogP contribution < -0.4 is 10.6 Å². The molecule has 2 heterocycles. The van der Waals surface area contributed by atoms with Crippen molar-refractivity contribution in [1.29, 1.82) is 0 Å². The minimum Gasteiger partial charge on any atom is -0.308 e. The SMILES string of the molecule is Cc1ccc(NC(=O)Nc2cccc(-c3cn4cccnc4n3)c2)c(Cl)c1. The zero-order chi connectivity index (χ0) is 18.8. The highest BCUT2D eigenvalue weighted by atomic mass is 35.5. The van der Waals surface area contributed by atoms with Crippen molar-refractivity contribution in [2.75, 3.05) is 10.6 Å². The number of carbonyl (C=O) groups is 1. The summed E-state index contributed by atoms with van der Waals surface area (Å²) in [6.45, 7) is 1.94. The predicted octanol–water partition coefficient (Wildman–Crippen LogP) is 5.00. The smallest absolute Gasteiger partial charge is 0.308 e. The molecule has 0 saturated heterocycles. The van der Waals surface area contributed by atoms with Gasteiger partial charge in [-0.1, -0.05) is 29.8 Å². The first kappa shape index (κ1) is 17.1. The van der Waals surface area contributed by atoms with Crippen molar-refractivity contribution >= 4 is 34.8 Å². The van der Waals surface area contributed by atoms with Crippen LogP contribution in [0.2, 0.25) is 5.02 Å². The third-order valence-corrected chi connectivity index (χ3v) is 4.34. The lowest BCUT2D eigenvalue weighted by molar-refractivity contribution is 0.262. The number of imidazole rings is 1. The molecule has 4 rings (SSSR count). The molecule has 0 atom stereocenters. The van der Waals surface area contributed by atoms with Gasteiger partial charge in [0.2, 0.25) is 5.78 Å². The van der Waals surface area contributed by atoms with Crippen LogP contribution in [0, 0.1) is 6.92 Å². The average Bonchev–Trinajstić information content (AvgIpc) is 3.08. The van der Waals surface area contributed by atoms with E-state index in [9.17, 15) is 4.79 Å². The second kappa shape index (κ2) is 7.09. The molecule has 0 unspecified atom stereocenters. The summed E-state index contributed by atoms with van der Waals surface area (Å²) in [5.74, 6) is 0.623. The monoisotopic (exact) mass is 377 g/mol. The lowest BCUT2D eigenvalue weighted by Gasteiger charge is -2.10. The Morgan fingerprint density at radius 1 is 1.11 bits per heavy atom. The minimum absolute atomic E-state index is 0.366. The highest BCUT2D eigenvalue weighted by Gasteiger charge is 2.09. The van der Waals surface area contributed by atoms with Gasteiger partial charge in [-0.25, -0.2) is 14.8 Å². The second-order valence-electron chi connectivity index (χ2n) is 6.10. The minimum atomic E-state index is -0.366. The van der Waals surface area contributed by atoms with Crippen molar-refractivity contribution < 1.29 is 4.79 Å². The zero-order valence-corrected chi connectivity index (χ0v) is 15.2. The summed E-state index contributed by atoms with van der Waals surface area (Å²) in [6.07, 6.45) is 5.48. The first-order valence-electron chi connectivity index (χ1n) is 8.33. The summed E-state index contributed by atoms with van der Waals surface area (Å²) >= 11 is 6.16. The van der Waals surface area contributed by atoms with Gasteiger partial charge in [-0.15, -0.1) is 0 Å². The molecule has 0 fully saturated rings. The van der Waals surface area contributed by atoms with Crippen molar-refractivity contribution in [2.24, 2.45) is 0 Å². The Morgan fingerprint density at radius 3 is 2.81 bits per heavy atom. The molecule has 2 amide bonds. The van der Waals surface area contributed by atoms with E-state index in [-0.39, 0.29) is 6.03 Å². The summed E-state index contributed by atoms with van der Waals surface area (Å²) in [5, 5.41) is 6.07. The molecule has 4 aromatic rings.